The van der Waals surface area contributed by atoms with E-state index in [0.717, 1.165) is 15.4 Å². The van der Waals surface area contributed by atoms with Crippen LogP contribution in [0.5, 0.6) is 0 Å². The fraction of sp³-hybridized carbons (Fsp3) is 0.417. The van der Waals surface area contributed by atoms with Crippen molar-refractivity contribution >= 4 is 30.6 Å². The van der Waals surface area contributed by atoms with E-state index in [4.69, 9.17) is 9.26 Å². The Morgan fingerprint density at radius 1 is 1.00 bits per heavy atom. The molecule has 2 aromatic carbocycles. The third kappa shape index (κ3) is 5.81. The van der Waals surface area contributed by atoms with Gasteiger partial charge in [0.1, 0.15) is 0 Å². The molecule has 0 spiro atoms. The summed E-state index contributed by atoms with van der Waals surface area (Å²) < 4.78 is 6.78. The maximum Gasteiger partial charge on any atom is 0.304 e. The monoisotopic (exact) mass is 443 g/mol. The normalized spacial score (nSPS) is 12.9. The van der Waals surface area contributed by atoms with Gasteiger partial charge in [-0.25, -0.2) is 5.06 Å². The highest BCUT2D eigenvalue weighted by molar-refractivity contribution is 6.99. The highest BCUT2D eigenvalue weighted by Crippen LogP contribution is 2.37. The number of carbonyl (C=O) groups excluding carboxylic acids is 1. The zero-order chi connectivity index (χ0) is 23.1. The van der Waals surface area contributed by atoms with Crippen LogP contribution in [0, 0.1) is 5.92 Å². The molecule has 0 aromatic heterocycles. The molecular formula is C24H33NO5Si. The molecule has 0 unspecified atom stereocenters. The molecule has 1 amide bonds. The Hall–Kier alpha value is -2.48. The van der Waals surface area contributed by atoms with Gasteiger partial charge in [0.15, 0.2) is 0 Å². The van der Waals surface area contributed by atoms with Gasteiger partial charge in [-0.1, -0.05) is 81.4 Å². The highest BCUT2D eigenvalue weighted by atomic mass is 28.4. The van der Waals surface area contributed by atoms with Gasteiger partial charge in [0.25, 0.3) is 8.32 Å². The minimum atomic E-state index is -2.73. The van der Waals surface area contributed by atoms with Crippen molar-refractivity contribution in [1.29, 1.82) is 0 Å². The molecular weight excluding hydrogens is 410 g/mol. The van der Waals surface area contributed by atoms with E-state index >= 15 is 0 Å². The third-order valence-electron chi connectivity index (χ3n) is 5.56. The summed E-state index contributed by atoms with van der Waals surface area (Å²) in [4.78, 5) is 28.9. The van der Waals surface area contributed by atoms with Gasteiger partial charge in [-0.15, -0.1) is 0 Å². The van der Waals surface area contributed by atoms with Gasteiger partial charge in [-0.05, 0) is 21.8 Å². The first-order valence-corrected chi connectivity index (χ1v) is 12.3. The lowest BCUT2D eigenvalue weighted by atomic mass is 10.0. The molecule has 0 heterocycles. The maximum atomic E-state index is 12.6. The zero-order valence-electron chi connectivity index (χ0n) is 19.0. The lowest BCUT2D eigenvalue weighted by Crippen LogP contribution is -2.66. The molecule has 7 heteroatoms. The molecule has 2 rings (SSSR count). The van der Waals surface area contributed by atoms with Crippen LogP contribution in [0.25, 0.3) is 0 Å². The largest absolute Gasteiger partial charge is 0.481 e. The van der Waals surface area contributed by atoms with E-state index in [0.29, 0.717) is 6.42 Å². The number of benzene rings is 2. The van der Waals surface area contributed by atoms with Gasteiger partial charge >= 0.3 is 5.97 Å². The topological polar surface area (TPSA) is 76.1 Å². The van der Waals surface area contributed by atoms with Gasteiger partial charge in [-0.2, -0.15) is 0 Å². The summed E-state index contributed by atoms with van der Waals surface area (Å²) in [6.07, 6.45) is 0.0277. The fourth-order valence-corrected chi connectivity index (χ4v) is 8.57. The lowest BCUT2D eigenvalue weighted by molar-refractivity contribution is -0.175. The summed E-state index contributed by atoms with van der Waals surface area (Å²) in [5, 5.41) is 12.5. The van der Waals surface area contributed by atoms with E-state index in [-0.39, 0.29) is 24.0 Å². The summed E-state index contributed by atoms with van der Waals surface area (Å²) in [5.74, 6) is -2.11. The number of amides is 1. The lowest BCUT2D eigenvalue weighted by Gasteiger charge is -2.43. The second kappa shape index (κ2) is 10.7. The molecule has 2 aromatic rings. The Morgan fingerprint density at radius 2 is 1.48 bits per heavy atom. The number of aliphatic carboxylic acids is 1. The first-order valence-electron chi connectivity index (χ1n) is 10.4. The smallest absolute Gasteiger partial charge is 0.304 e. The minimum Gasteiger partial charge on any atom is -0.481 e. The Labute approximate surface area is 185 Å². The molecule has 1 atom stereocenters. The second-order valence-corrected chi connectivity index (χ2v) is 12.9. The average Bonchev–Trinajstić information content (AvgIpc) is 2.75. The van der Waals surface area contributed by atoms with Gasteiger partial charge < -0.3 is 9.53 Å². The number of hydrogen-bond acceptors (Lipinski definition) is 4. The molecule has 0 bridgehead atoms. The number of carbonyl (C=O) groups is 2. The van der Waals surface area contributed by atoms with Crippen LogP contribution in [-0.4, -0.2) is 51.1 Å². The van der Waals surface area contributed by atoms with Crippen molar-refractivity contribution in [2.45, 2.75) is 38.7 Å². The van der Waals surface area contributed by atoms with Gasteiger partial charge in [0, 0.05) is 13.7 Å². The molecule has 0 radical (unpaired) electrons. The van der Waals surface area contributed by atoms with Crippen molar-refractivity contribution in [1.82, 2.24) is 5.06 Å². The number of carboxylic acid groups (broad SMARTS) is 1. The summed E-state index contributed by atoms with van der Waals surface area (Å²) in [5.41, 5.74) is 0. The van der Waals surface area contributed by atoms with Crippen molar-refractivity contribution in [2.75, 3.05) is 20.8 Å². The Balaban J connectivity index is 2.40. The first kappa shape index (κ1) is 24.8. The Morgan fingerprint density at radius 3 is 1.87 bits per heavy atom. The van der Waals surface area contributed by atoms with Crippen LogP contribution in [0.15, 0.2) is 60.7 Å². The molecule has 0 saturated carbocycles. The summed E-state index contributed by atoms with van der Waals surface area (Å²) in [6.45, 7) is 6.81. The molecule has 0 saturated heterocycles. The van der Waals surface area contributed by atoms with Crippen LogP contribution in [-0.2, 0) is 18.9 Å². The first-order chi connectivity index (χ1) is 14.6. The van der Waals surface area contributed by atoms with Crippen molar-refractivity contribution < 1.29 is 24.0 Å². The van der Waals surface area contributed by atoms with E-state index in [1.807, 2.05) is 36.4 Å². The third-order valence-corrected chi connectivity index (χ3v) is 10.6. The molecule has 6 nitrogen and oxygen atoms in total. The van der Waals surface area contributed by atoms with E-state index in [9.17, 15) is 14.7 Å². The molecule has 0 aliphatic heterocycles. The summed E-state index contributed by atoms with van der Waals surface area (Å²) in [6, 6.07) is 20.4. The maximum absolute atomic E-state index is 12.6. The van der Waals surface area contributed by atoms with Crippen LogP contribution in [0.1, 0.15) is 33.6 Å². The van der Waals surface area contributed by atoms with E-state index in [2.05, 4.69) is 45.0 Å². The van der Waals surface area contributed by atoms with Crippen LogP contribution >= 0.6 is 0 Å². The SMILES string of the molecule is CON(C)C(=O)[C@H](CCO[Si](c1ccccc1)(c1ccccc1)C(C)(C)C)CC(=O)O. The average molecular weight is 444 g/mol. The predicted octanol–water partition coefficient (Wildman–Crippen LogP) is 3.06. The quantitative estimate of drug-likeness (QED) is 0.451. The second-order valence-electron chi connectivity index (χ2n) is 8.61. The zero-order valence-corrected chi connectivity index (χ0v) is 20.0. The van der Waals surface area contributed by atoms with Crippen LogP contribution < -0.4 is 10.4 Å². The van der Waals surface area contributed by atoms with Crippen LogP contribution in [0.4, 0.5) is 0 Å². The minimum absolute atomic E-state index is 0.189. The number of rotatable bonds is 10. The standard InChI is InChI=1S/C24H33NO5Si/c1-24(2,3)31(20-12-8-6-9-13-20,21-14-10-7-11-15-21)30-17-16-19(18-22(26)27)23(28)25(4)29-5/h6-15,19H,16-18H2,1-5H3,(H,26,27)/t19-/m1/s1. The molecule has 0 fully saturated rings. The highest BCUT2D eigenvalue weighted by Gasteiger charge is 2.50. The number of nitrogens with zero attached hydrogens (tertiary/aromatic N) is 1. The molecule has 0 aliphatic rings. The summed E-state index contributed by atoms with van der Waals surface area (Å²) in [7, 11) is 0.140. The van der Waals surface area contributed by atoms with Crippen molar-refractivity contribution in [3.8, 4) is 0 Å². The number of hydrogen-bond donors (Lipinski definition) is 1. The van der Waals surface area contributed by atoms with Crippen molar-refractivity contribution in [3.05, 3.63) is 60.7 Å². The van der Waals surface area contributed by atoms with E-state index in [1.165, 1.54) is 14.2 Å². The van der Waals surface area contributed by atoms with Crippen LogP contribution in [0.3, 0.4) is 0 Å². The van der Waals surface area contributed by atoms with Crippen molar-refractivity contribution in [3.63, 3.8) is 0 Å². The number of carboxylic acids is 1. The fourth-order valence-electron chi connectivity index (χ4n) is 3.99. The predicted molar refractivity (Wildman–Crippen MR) is 124 cm³/mol. The van der Waals surface area contributed by atoms with Crippen LogP contribution in [0.2, 0.25) is 5.04 Å². The molecule has 168 valence electrons. The van der Waals surface area contributed by atoms with E-state index < -0.39 is 20.2 Å². The molecule has 0 aliphatic carbocycles. The van der Waals surface area contributed by atoms with Gasteiger partial charge in [0.2, 0.25) is 5.91 Å². The Bertz CT molecular complexity index is 812. The summed E-state index contributed by atoms with van der Waals surface area (Å²) >= 11 is 0. The number of hydroxylamine groups is 2. The molecule has 1 N–H and O–H groups in total. The van der Waals surface area contributed by atoms with Gasteiger partial charge in [0.05, 0.1) is 19.4 Å². The van der Waals surface area contributed by atoms with Crippen molar-refractivity contribution in [2.24, 2.45) is 5.92 Å². The Kier molecular flexibility index (Phi) is 8.56. The van der Waals surface area contributed by atoms with E-state index in [1.54, 1.807) is 0 Å². The van der Waals surface area contributed by atoms with Gasteiger partial charge in [-0.3, -0.25) is 14.4 Å². The molecule has 31 heavy (non-hydrogen) atoms.